The van der Waals surface area contributed by atoms with Gasteiger partial charge < -0.3 is 5.11 Å². The van der Waals surface area contributed by atoms with Gasteiger partial charge in [-0.25, -0.2) is 0 Å². The fraction of sp³-hybridized carbons (Fsp3) is 0.385. The number of carboxylic acids is 1. The van der Waals surface area contributed by atoms with Gasteiger partial charge in [0.05, 0.1) is 11.6 Å². The molecule has 88 valence electrons. The molecule has 0 saturated carbocycles. The zero-order chi connectivity index (χ0) is 12.3. The molecule has 1 aliphatic heterocycles. The molecule has 2 rings (SSSR count). The highest BCUT2D eigenvalue weighted by atomic mass is 16.4. The highest BCUT2D eigenvalue weighted by Gasteiger charge is 2.30. The van der Waals surface area contributed by atoms with Crippen LogP contribution in [0, 0.1) is 11.3 Å². The minimum absolute atomic E-state index is 0.374. The third-order valence-corrected chi connectivity index (χ3v) is 3.09. The molecular weight excluding hydrogens is 216 g/mol. The van der Waals surface area contributed by atoms with Gasteiger partial charge in [-0.1, -0.05) is 12.1 Å². The summed E-state index contributed by atoms with van der Waals surface area (Å²) in [6.45, 7) is 1.42. The van der Waals surface area contributed by atoms with Crippen LogP contribution in [-0.4, -0.2) is 28.6 Å². The number of hydrogen-bond donors (Lipinski definition) is 1. The van der Waals surface area contributed by atoms with Gasteiger partial charge in [-0.2, -0.15) is 5.26 Å². The Balaban J connectivity index is 2.10. The number of nitrogens with zero attached hydrogens (tertiary/aromatic N) is 2. The number of carboxylic acid groups (broad SMARTS) is 1. The van der Waals surface area contributed by atoms with E-state index in [2.05, 4.69) is 6.07 Å². The van der Waals surface area contributed by atoms with Gasteiger partial charge in [-0.15, -0.1) is 0 Å². The number of carbonyl (C=O) groups is 1. The molecule has 1 unspecified atom stereocenters. The van der Waals surface area contributed by atoms with Crippen molar-refractivity contribution in [3.63, 3.8) is 0 Å². The Kier molecular flexibility index (Phi) is 3.40. The lowest BCUT2D eigenvalue weighted by Gasteiger charge is -2.20. The van der Waals surface area contributed by atoms with Gasteiger partial charge >= 0.3 is 5.97 Å². The molecule has 4 nitrogen and oxygen atoms in total. The number of likely N-dealkylation sites (tertiary alicyclic amines) is 1. The summed E-state index contributed by atoms with van der Waals surface area (Å²) in [6, 6.07) is 9.05. The van der Waals surface area contributed by atoms with E-state index in [1.807, 2.05) is 23.1 Å². The molecule has 4 heteroatoms. The van der Waals surface area contributed by atoms with Crippen molar-refractivity contribution >= 4 is 5.97 Å². The normalized spacial score (nSPS) is 20.1. The first kappa shape index (κ1) is 11.6. The summed E-state index contributed by atoms with van der Waals surface area (Å²) in [5.41, 5.74) is 1.62. The van der Waals surface area contributed by atoms with Gasteiger partial charge in [0.25, 0.3) is 0 Å². The van der Waals surface area contributed by atoms with E-state index in [1.54, 1.807) is 6.07 Å². The number of benzene rings is 1. The molecule has 0 amide bonds. The fourth-order valence-corrected chi connectivity index (χ4v) is 2.27. The molecule has 1 aromatic rings. The highest BCUT2D eigenvalue weighted by Crippen LogP contribution is 2.20. The molecule has 1 aromatic carbocycles. The summed E-state index contributed by atoms with van der Waals surface area (Å²) in [5.74, 6) is -0.751. The summed E-state index contributed by atoms with van der Waals surface area (Å²) < 4.78 is 0. The largest absolute Gasteiger partial charge is 0.480 e. The Hall–Kier alpha value is -1.86. The third-order valence-electron chi connectivity index (χ3n) is 3.09. The Morgan fingerprint density at radius 1 is 1.59 bits per heavy atom. The van der Waals surface area contributed by atoms with Crippen molar-refractivity contribution in [3.8, 4) is 6.07 Å². The minimum atomic E-state index is -0.751. The standard InChI is InChI=1S/C13H14N2O2/c14-8-10-3-1-4-11(7-10)9-15-6-2-5-12(15)13(16)17/h1,3-4,7,12H,2,5-6,9H2,(H,16,17). The van der Waals surface area contributed by atoms with Crippen LogP contribution in [0.2, 0.25) is 0 Å². The molecule has 1 N–H and O–H groups in total. The van der Waals surface area contributed by atoms with Crippen LogP contribution in [0.5, 0.6) is 0 Å². The van der Waals surface area contributed by atoms with Crippen molar-refractivity contribution in [2.75, 3.05) is 6.54 Å². The van der Waals surface area contributed by atoms with Crippen LogP contribution in [0.4, 0.5) is 0 Å². The summed E-state index contributed by atoms with van der Waals surface area (Å²) in [6.07, 6.45) is 1.64. The molecule has 1 heterocycles. The second-order valence-electron chi connectivity index (χ2n) is 4.28. The lowest BCUT2D eigenvalue weighted by atomic mass is 10.1. The lowest BCUT2D eigenvalue weighted by Crippen LogP contribution is -2.35. The third kappa shape index (κ3) is 2.63. The van der Waals surface area contributed by atoms with Gasteiger partial charge in [-0.05, 0) is 37.1 Å². The predicted octanol–water partition coefficient (Wildman–Crippen LogP) is 1.61. The molecule has 1 aliphatic rings. The molecule has 0 aromatic heterocycles. The molecule has 0 bridgehead atoms. The number of rotatable bonds is 3. The second kappa shape index (κ2) is 4.98. The minimum Gasteiger partial charge on any atom is -0.480 e. The summed E-state index contributed by atoms with van der Waals surface area (Å²) >= 11 is 0. The van der Waals surface area contributed by atoms with Crippen LogP contribution in [-0.2, 0) is 11.3 Å². The number of hydrogen-bond acceptors (Lipinski definition) is 3. The van der Waals surface area contributed by atoms with Crippen LogP contribution < -0.4 is 0 Å². The molecule has 1 fully saturated rings. The maximum absolute atomic E-state index is 11.0. The van der Waals surface area contributed by atoms with Crippen molar-refractivity contribution < 1.29 is 9.90 Å². The van der Waals surface area contributed by atoms with E-state index < -0.39 is 5.97 Å². The van der Waals surface area contributed by atoms with E-state index in [4.69, 9.17) is 10.4 Å². The van der Waals surface area contributed by atoms with Gasteiger partial charge in [0.2, 0.25) is 0 Å². The topological polar surface area (TPSA) is 64.3 Å². The fourth-order valence-electron chi connectivity index (χ4n) is 2.27. The van der Waals surface area contributed by atoms with Gasteiger partial charge in [0.1, 0.15) is 6.04 Å². The van der Waals surface area contributed by atoms with Crippen molar-refractivity contribution in [2.45, 2.75) is 25.4 Å². The van der Waals surface area contributed by atoms with E-state index in [1.165, 1.54) is 0 Å². The summed E-state index contributed by atoms with van der Waals surface area (Å²) in [7, 11) is 0. The molecule has 0 spiro atoms. The van der Waals surface area contributed by atoms with Crippen LogP contribution in [0.15, 0.2) is 24.3 Å². The van der Waals surface area contributed by atoms with Gasteiger partial charge in [0, 0.05) is 6.54 Å². The smallest absolute Gasteiger partial charge is 0.320 e. The van der Waals surface area contributed by atoms with E-state index in [0.717, 1.165) is 18.5 Å². The van der Waals surface area contributed by atoms with Crippen LogP contribution >= 0.6 is 0 Å². The zero-order valence-corrected chi connectivity index (χ0v) is 9.47. The first-order chi connectivity index (χ1) is 8.20. The van der Waals surface area contributed by atoms with Crippen molar-refractivity contribution in [1.29, 1.82) is 5.26 Å². The lowest BCUT2D eigenvalue weighted by molar-refractivity contribution is -0.142. The second-order valence-corrected chi connectivity index (χ2v) is 4.28. The quantitative estimate of drug-likeness (QED) is 0.856. The number of aliphatic carboxylic acids is 1. The maximum Gasteiger partial charge on any atom is 0.320 e. The highest BCUT2D eigenvalue weighted by molar-refractivity contribution is 5.73. The SMILES string of the molecule is N#Cc1cccc(CN2CCCC2C(=O)O)c1. The molecule has 1 atom stereocenters. The van der Waals surface area contributed by atoms with Crippen LogP contribution in [0.1, 0.15) is 24.0 Å². The van der Waals surface area contributed by atoms with Gasteiger partial charge in [0.15, 0.2) is 0 Å². The first-order valence-electron chi connectivity index (χ1n) is 5.66. The van der Waals surface area contributed by atoms with Crippen molar-refractivity contribution in [2.24, 2.45) is 0 Å². The van der Waals surface area contributed by atoms with E-state index >= 15 is 0 Å². The first-order valence-corrected chi connectivity index (χ1v) is 5.66. The Bertz CT molecular complexity index is 465. The van der Waals surface area contributed by atoms with E-state index in [9.17, 15) is 4.79 Å². The van der Waals surface area contributed by atoms with E-state index in [0.29, 0.717) is 18.5 Å². The molecule has 17 heavy (non-hydrogen) atoms. The predicted molar refractivity (Wildman–Crippen MR) is 62.2 cm³/mol. The average molecular weight is 230 g/mol. The Labute approximate surface area is 100 Å². The average Bonchev–Trinajstić information content (AvgIpc) is 2.77. The summed E-state index contributed by atoms with van der Waals surface area (Å²) in [5, 5.41) is 17.9. The summed E-state index contributed by atoms with van der Waals surface area (Å²) in [4.78, 5) is 13.0. The molecule has 1 saturated heterocycles. The monoisotopic (exact) mass is 230 g/mol. The maximum atomic E-state index is 11.0. The number of nitriles is 1. The van der Waals surface area contributed by atoms with Crippen molar-refractivity contribution in [3.05, 3.63) is 35.4 Å². The zero-order valence-electron chi connectivity index (χ0n) is 9.47. The van der Waals surface area contributed by atoms with Gasteiger partial charge in [-0.3, -0.25) is 9.69 Å². The van der Waals surface area contributed by atoms with Crippen LogP contribution in [0.25, 0.3) is 0 Å². The van der Waals surface area contributed by atoms with Crippen molar-refractivity contribution in [1.82, 2.24) is 4.90 Å². The van der Waals surface area contributed by atoms with E-state index in [-0.39, 0.29) is 6.04 Å². The Morgan fingerprint density at radius 2 is 2.41 bits per heavy atom. The molecular formula is C13H14N2O2. The molecule has 0 aliphatic carbocycles. The van der Waals surface area contributed by atoms with Crippen LogP contribution in [0.3, 0.4) is 0 Å². The molecule has 0 radical (unpaired) electrons. The Morgan fingerprint density at radius 3 is 3.12 bits per heavy atom.